The molecule has 0 aromatic heterocycles. The Labute approximate surface area is 214 Å². The summed E-state index contributed by atoms with van der Waals surface area (Å²) < 4.78 is 0. The molecular formula is C26H30N4O3S2. The van der Waals surface area contributed by atoms with E-state index < -0.39 is 6.10 Å². The molecule has 7 nitrogen and oxygen atoms in total. The van der Waals surface area contributed by atoms with Gasteiger partial charge >= 0.3 is 0 Å². The van der Waals surface area contributed by atoms with E-state index in [0.717, 1.165) is 45.9 Å². The highest BCUT2D eigenvalue weighted by molar-refractivity contribution is 8.14. The molecule has 0 radical (unpaired) electrons. The smallest absolute Gasteiger partial charge is 0.225 e. The number of thioether (sulfide) groups is 2. The molecule has 35 heavy (non-hydrogen) atoms. The van der Waals surface area contributed by atoms with Crippen molar-refractivity contribution in [3.63, 3.8) is 0 Å². The first-order valence-electron chi connectivity index (χ1n) is 12.0. The first-order chi connectivity index (χ1) is 17.0. The minimum atomic E-state index is -0.486. The van der Waals surface area contributed by atoms with E-state index in [1.165, 1.54) is 11.1 Å². The van der Waals surface area contributed by atoms with E-state index in [1.54, 1.807) is 35.3 Å². The molecule has 0 spiro atoms. The first kappa shape index (κ1) is 24.4. The van der Waals surface area contributed by atoms with Crippen LogP contribution in [0.3, 0.4) is 0 Å². The topological polar surface area (TPSA) is 97.5 Å². The zero-order valence-electron chi connectivity index (χ0n) is 19.6. The van der Waals surface area contributed by atoms with Gasteiger partial charge in [0.05, 0.1) is 24.8 Å². The van der Waals surface area contributed by atoms with Crippen molar-refractivity contribution in [3.8, 4) is 0 Å². The SMILES string of the molecule is CC(=O)N1CCSC1=NC1c2ccccc2CC1O.OC1Cc2ccccc2C1NC1=NCCS1. The zero-order chi connectivity index (χ0) is 24.4. The predicted molar refractivity (Wildman–Crippen MR) is 143 cm³/mol. The van der Waals surface area contributed by atoms with Crippen LogP contribution in [0.25, 0.3) is 0 Å². The van der Waals surface area contributed by atoms with E-state index in [2.05, 4.69) is 27.4 Å². The quantitative estimate of drug-likeness (QED) is 0.575. The van der Waals surface area contributed by atoms with Gasteiger partial charge in [-0.15, -0.1) is 0 Å². The van der Waals surface area contributed by atoms with Gasteiger partial charge in [0.15, 0.2) is 10.3 Å². The average Bonchev–Trinajstić information content (AvgIpc) is 3.64. The van der Waals surface area contributed by atoms with Gasteiger partial charge in [0, 0.05) is 37.8 Å². The number of rotatable bonds is 2. The maximum absolute atomic E-state index is 11.5. The normalized spacial score (nSPS) is 27.8. The third-order valence-electron chi connectivity index (χ3n) is 6.64. The number of aliphatic hydroxyl groups excluding tert-OH is 2. The van der Waals surface area contributed by atoms with Gasteiger partial charge in [-0.05, 0) is 22.3 Å². The number of amidine groups is 2. The van der Waals surface area contributed by atoms with Gasteiger partial charge in [-0.1, -0.05) is 72.1 Å². The summed E-state index contributed by atoms with van der Waals surface area (Å²) in [5, 5.41) is 25.3. The number of carbonyl (C=O) groups excluding carboxylic acids is 1. The fraction of sp³-hybridized carbons (Fsp3) is 0.423. The van der Waals surface area contributed by atoms with Gasteiger partial charge in [-0.3, -0.25) is 19.7 Å². The summed E-state index contributed by atoms with van der Waals surface area (Å²) in [6.07, 6.45) is 0.565. The summed E-state index contributed by atoms with van der Waals surface area (Å²) in [4.78, 5) is 22.2. The summed E-state index contributed by atoms with van der Waals surface area (Å²) in [7, 11) is 0. The van der Waals surface area contributed by atoms with Crippen molar-refractivity contribution < 1.29 is 15.0 Å². The summed E-state index contributed by atoms with van der Waals surface area (Å²) in [5.41, 5.74) is 4.70. The van der Waals surface area contributed by atoms with Crippen molar-refractivity contribution in [1.29, 1.82) is 0 Å². The third-order valence-corrected chi connectivity index (χ3v) is 8.52. The van der Waals surface area contributed by atoms with Crippen LogP contribution in [0.15, 0.2) is 58.5 Å². The Morgan fingerprint density at radius 3 is 2.40 bits per heavy atom. The molecule has 1 saturated heterocycles. The van der Waals surface area contributed by atoms with Crippen LogP contribution < -0.4 is 5.32 Å². The Bertz CT molecular complexity index is 1150. The molecule has 4 atom stereocenters. The molecule has 184 valence electrons. The molecule has 0 saturated carbocycles. The molecule has 9 heteroatoms. The molecule has 4 aliphatic rings. The molecule has 3 N–H and O–H groups in total. The van der Waals surface area contributed by atoms with Crippen molar-refractivity contribution in [3.05, 3.63) is 70.8 Å². The van der Waals surface area contributed by atoms with Crippen molar-refractivity contribution in [1.82, 2.24) is 10.2 Å². The fourth-order valence-corrected chi connectivity index (χ4v) is 6.72. The summed E-state index contributed by atoms with van der Waals surface area (Å²) in [6.45, 7) is 3.15. The van der Waals surface area contributed by atoms with Crippen LogP contribution in [0.5, 0.6) is 0 Å². The van der Waals surface area contributed by atoms with E-state index in [-0.39, 0.29) is 24.1 Å². The Morgan fingerprint density at radius 2 is 1.69 bits per heavy atom. The highest BCUT2D eigenvalue weighted by Gasteiger charge is 2.33. The third kappa shape index (κ3) is 5.28. The molecule has 2 aromatic carbocycles. The average molecular weight is 511 g/mol. The second-order valence-electron chi connectivity index (χ2n) is 8.97. The maximum Gasteiger partial charge on any atom is 0.225 e. The maximum atomic E-state index is 11.5. The number of hydrogen-bond donors (Lipinski definition) is 3. The zero-order valence-corrected chi connectivity index (χ0v) is 21.3. The van der Waals surface area contributed by atoms with Crippen LogP contribution in [-0.4, -0.2) is 68.2 Å². The number of hydrogen-bond acceptors (Lipinski definition) is 8. The highest BCUT2D eigenvalue weighted by Crippen LogP contribution is 2.36. The molecule has 4 unspecified atom stereocenters. The number of aliphatic hydroxyl groups is 2. The largest absolute Gasteiger partial charge is 0.390 e. The van der Waals surface area contributed by atoms with E-state index >= 15 is 0 Å². The lowest BCUT2D eigenvalue weighted by Crippen LogP contribution is -2.31. The van der Waals surface area contributed by atoms with E-state index in [9.17, 15) is 15.0 Å². The number of benzene rings is 2. The second-order valence-corrected chi connectivity index (χ2v) is 11.1. The minimum Gasteiger partial charge on any atom is -0.390 e. The first-order valence-corrected chi connectivity index (χ1v) is 13.9. The van der Waals surface area contributed by atoms with Crippen LogP contribution in [0.2, 0.25) is 0 Å². The summed E-state index contributed by atoms with van der Waals surface area (Å²) in [5.74, 6) is 1.94. The van der Waals surface area contributed by atoms with Crippen LogP contribution in [0.1, 0.15) is 41.3 Å². The van der Waals surface area contributed by atoms with Crippen molar-refractivity contribution in [2.24, 2.45) is 9.98 Å². The molecule has 2 aromatic rings. The van der Waals surface area contributed by atoms with Crippen LogP contribution in [0.4, 0.5) is 0 Å². The molecule has 1 fully saturated rings. The molecule has 2 aliphatic heterocycles. The second kappa shape index (κ2) is 10.7. The highest BCUT2D eigenvalue weighted by atomic mass is 32.2. The lowest BCUT2D eigenvalue weighted by Gasteiger charge is -2.18. The van der Waals surface area contributed by atoms with Crippen LogP contribution in [-0.2, 0) is 17.6 Å². The molecular weight excluding hydrogens is 480 g/mol. The van der Waals surface area contributed by atoms with Gasteiger partial charge in [-0.2, -0.15) is 0 Å². The number of nitrogens with zero attached hydrogens (tertiary/aromatic N) is 3. The fourth-order valence-electron chi connectivity index (χ4n) is 4.93. The number of aliphatic imine (C=N–C) groups is 2. The van der Waals surface area contributed by atoms with Crippen molar-refractivity contribution in [2.45, 2.75) is 44.1 Å². The van der Waals surface area contributed by atoms with Crippen molar-refractivity contribution in [2.75, 3.05) is 24.6 Å². The number of carbonyl (C=O) groups is 1. The molecule has 6 rings (SSSR count). The van der Waals surface area contributed by atoms with Gasteiger partial charge < -0.3 is 15.5 Å². The van der Waals surface area contributed by atoms with E-state index in [1.807, 2.05) is 36.4 Å². The summed E-state index contributed by atoms with van der Waals surface area (Å²) in [6, 6.07) is 16.0. The van der Waals surface area contributed by atoms with E-state index in [0.29, 0.717) is 13.0 Å². The van der Waals surface area contributed by atoms with Crippen LogP contribution in [0, 0.1) is 0 Å². The Kier molecular flexibility index (Phi) is 7.48. The number of amides is 1. The number of fused-ring (bicyclic) bond motifs is 2. The molecule has 2 aliphatic carbocycles. The standard InChI is InChI=1S/C14H16N2O2S.C12H14N2OS/c1-9(17)16-6-7-19-14(16)15-13-11-5-3-2-4-10(11)8-12(13)18;15-10-7-8-3-1-2-4-9(8)11(10)14-12-13-5-6-16-12/h2-5,12-13,18H,6-8H2,1H3;1-4,10-11,15H,5-7H2,(H,13,14). The summed E-state index contributed by atoms with van der Waals surface area (Å²) >= 11 is 3.32. The van der Waals surface area contributed by atoms with Gasteiger partial charge in [0.1, 0.15) is 6.04 Å². The Balaban J connectivity index is 0.000000147. The lowest BCUT2D eigenvalue weighted by molar-refractivity contribution is -0.124. The van der Waals surface area contributed by atoms with Gasteiger partial charge in [0.25, 0.3) is 0 Å². The van der Waals surface area contributed by atoms with E-state index in [4.69, 9.17) is 0 Å². The molecule has 2 heterocycles. The lowest BCUT2D eigenvalue weighted by atomic mass is 10.1. The minimum absolute atomic E-state index is 0.0144. The number of nitrogens with one attached hydrogen (secondary N) is 1. The van der Waals surface area contributed by atoms with Crippen LogP contribution >= 0.6 is 23.5 Å². The molecule has 1 amide bonds. The Morgan fingerprint density at radius 1 is 1.00 bits per heavy atom. The van der Waals surface area contributed by atoms with Gasteiger partial charge in [-0.25, -0.2) is 0 Å². The molecule has 0 bridgehead atoms. The monoisotopic (exact) mass is 510 g/mol. The van der Waals surface area contributed by atoms with Gasteiger partial charge in [0.2, 0.25) is 5.91 Å². The predicted octanol–water partition coefficient (Wildman–Crippen LogP) is 2.93. The Hall–Kier alpha value is -2.33. The van der Waals surface area contributed by atoms with Crippen molar-refractivity contribution >= 4 is 39.8 Å².